The van der Waals surface area contributed by atoms with Crippen molar-refractivity contribution >= 4 is 0 Å². The summed E-state index contributed by atoms with van der Waals surface area (Å²) in [4.78, 5) is 2.55. The molecule has 2 saturated carbocycles. The van der Waals surface area contributed by atoms with E-state index in [1.165, 1.54) is 38.6 Å². The first-order chi connectivity index (χ1) is 13.1. The Morgan fingerprint density at radius 2 is 1.75 bits per heavy atom. The molecule has 1 unspecified atom stereocenters. The van der Waals surface area contributed by atoms with Gasteiger partial charge in [-0.3, -0.25) is 4.90 Å². The summed E-state index contributed by atoms with van der Waals surface area (Å²) >= 11 is 0. The molecule has 0 bridgehead atoms. The van der Waals surface area contributed by atoms with E-state index in [0.717, 1.165) is 50.8 Å². The summed E-state index contributed by atoms with van der Waals surface area (Å²) in [6.45, 7) is 20.1. The van der Waals surface area contributed by atoms with Crippen LogP contribution in [0.1, 0.15) is 86.0 Å². The molecule has 3 nitrogen and oxygen atoms in total. The third-order valence-electron chi connectivity index (χ3n) is 7.12. The molecule has 2 aliphatic carbocycles. The third-order valence-corrected chi connectivity index (χ3v) is 7.12. The van der Waals surface area contributed by atoms with Gasteiger partial charge in [-0.25, -0.2) is 0 Å². The maximum atomic E-state index is 6.53. The highest BCUT2D eigenvalue weighted by molar-refractivity contribution is 4.92. The van der Waals surface area contributed by atoms with Crippen molar-refractivity contribution in [1.82, 2.24) is 4.90 Å². The Morgan fingerprint density at radius 1 is 1.07 bits per heavy atom. The topological polar surface area (TPSA) is 21.7 Å². The normalized spacial score (nSPS) is 31.6. The van der Waals surface area contributed by atoms with Crippen LogP contribution in [0.2, 0.25) is 0 Å². The second-order valence-electron chi connectivity index (χ2n) is 11.7. The fourth-order valence-corrected chi connectivity index (χ4v) is 5.80. The van der Waals surface area contributed by atoms with E-state index in [1.54, 1.807) is 0 Å². The lowest BCUT2D eigenvalue weighted by Gasteiger charge is -2.45. The fraction of sp³-hybridized carbons (Fsp3) is 0.920. The lowest BCUT2D eigenvalue weighted by atomic mass is 9.64. The summed E-state index contributed by atoms with van der Waals surface area (Å²) in [6, 6.07) is 0. The Kier molecular flexibility index (Phi) is 6.99. The number of nitrogens with zero attached hydrogens (tertiary/aromatic N) is 1. The van der Waals surface area contributed by atoms with Gasteiger partial charge in [-0.2, -0.15) is 0 Å². The van der Waals surface area contributed by atoms with Crippen molar-refractivity contribution in [2.24, 2.45) is 22.7 Å². The summed E-state index contributed by atoms with van der Waals surface area (Å²) in [6.07, 6.45) is 12.1. The highest BCUT2D eigenvalue weighted by atomic mass is 16.7. The Bertz CT molecular complexity index is 509. The molecule has 3 aliphatic rings. The molecule has 0 aromatic heterocycles. The minimum Gasteiger partial charge on any atom is -0.347 e. The van der Waals surface area contributed by atoms with E-state index >= 15 is 0 Å². The van der Waals surface area contributed by atoms with Gasteiger partial charge < -0.3 is 9.47 Å². The molecule has 1 atom stereocenters. The predicted molar refractivity (Wildman–Crippen MR) is 117 cm³/mol. The monoisotopic (exact) mass is 391 g/mol. The molecule has 0 amide bonds. The minimum atomic E-state index is -0.279. The van der Waals surface area contributed by atoms with Crippen LogP contribution in [0.5, 0.6) is 0 Å². The van der Waals surface area contributed by atoms with Crippen molar-refractivity contribution in [2.45, 2.75) is 97.9 Å². The van der Waals surface area contributed by atoms with Gasteiger partial charge in [-0.15, -0.1) is 6.58 Å². The van der Waals surface area contributed by atoms with Crippen molar-refractivity contribution in [3.05, 3.63) is 12.7 Å². The van der Waals surface area contributed by atoms with Crippen LogP contribution in [0.3, 0.4) is 0 Å². The summed E-state index contributed by atoms with van der Waals surface area (Å²) < 4.78 is 12.8. The van der Waals surface area contributed by atoms with E-state index in [2.05, 4.69) is 46.1 Å². The SMILES string of the molecule is C=CCN(CCC1COC2(CCC(C(C)(C)CC(C)(C)C)CC2)O1)CC1CC1. The summed E-state index contributed by atoms with van der Waals surface area (Å²) in [7, 11) is 0. The van der Waals surface area contributed by atoms with Crippen molar-refractivity contribution < 1.29 is 9.47 Å². The van der Waals surface area contributed by atoms with Gasteiger partial charge in [-0.1, -0.05) is 40.7 Å². The first-order valence-corrected chi connectivity index (χ1v) is 11.8. The zero-order chi connectivity index (χ0) is 20.4. The van der Waals surface area contributed by atoms with E-state index in [1.807, 2.05) is 6.08 Å². The molecular formula is C25H45NO2. The Labute approximate surface area is 174 Å². The zero-order valence-electron chi connectivity index (χ0n) is 19.3. The van der Waals surface area contributed by atoms with E-state index in [9.17, 15) is 0 Å². The molecule has 0 radical (unpaired) electrons. The van der Waals surface area contributed by atoms with Gasteiger partial charge in [0.25, 0.3) is 0 Å². The van der Waals surface area contributed by atoms with Crippen LogP contribution in [-0.2, 0) is 9.47 Å². The molecule has 1 spiro atoms. The van der Waals surface area contributed by atoms with Gasteiger partial charge in [0, 0.05) is 32.5 Å². The van der Waals surface area contributed by atoms with E-state index in [0.29, 0.717) is 10.8 Å². The zero-order valence-corrected chi connectivity index (χ0v) is 19.3. The molecule has 0 N–H and O–H groups in total. The van der Waals surface area contributed by atoms with Gasteiger partial charge >= 0.3 is 0 Å². The smallest absolute Gasteiger partial charge is 0.168 e. The third kappa shape index (κ3) is 6.31. The number of hydrogen-bond acceptors (Lipinski definition) is 3. The summed E-state index contributed by atoms with van der Waals surface area (Å²) in [5.74, 6) is 1.43. The Balaban J connectivity index is 1.44. The summed E-state index contributed by atoms with van der Waals surface area (Å²) in [5.41, 5.74) is 0.785. The highest BCUT2D eigenvalue weighted by Gasteiger charge is 2.47. The van der Waals surface area contributed by atoms with Gasteiger partial charge in [0.2, 0.25) is 0 Å². The molecule has 3 heteroatoms. The fourth-order valence-electron chi connectivity index (χ4n) is 5.80. The van der Waals surface area contributed by atoms with E-state index < -0.39 is 0 Å². The quantitative estimate of drug-likeness (QED) is 0.447. The molecule has 1 heterocycles. The molecule has 3 rings (SSSR count). The van der Waals surface area contributed by atoms with Gasteiger partial charge in [0.05, 0.1) is 12.7 Å². The molecule has 0 aromatic carbocycles. The molecule has 0 aromatic rings. The number of hydrogen-bond donors (Lipinski definition) is 0. The molecule has 162 valence electrons. The minimum absolute atomic E-state index is 0.269. The van der Waals surface area contributed by atoms with Crippen molar-refractivity contribution in [3.8, 4) is 0 Å². The maximum Gasteiger partial charge on any atom is 0.168 e. The molecule has 28 heavy (non-hydrogen) atoms. The van der Waals surface area contributed by atoms with Gasteiger partial charge in [0.1, 0.15) is 0 Å². The van der Waals surface area contributed by atoms with Crippen molar-refractivity contribution in [1.29, 1.82) is 0 Å². The van der Waals surface area contributed by atoms with Crippen LogP contribution in [0.25, 0.3) is 0 Å². The van der Waals surface area contributed by atoms with E-state index in [-0.39, 0.29) is 11.9 Å². The van der Waals surface area contributed by atoms with E-state index in [4.69, 9.17) is 9.47 Å². The standard InChI is InChI=1S/C25H45NO2/c1-7-15-26(17-20-8-9-20)16-12-22-18-27-25(28-22)13-10-21(11-14-25)24(5,6)19-23(2,3)4/h7,20-22H,1,8-19H2,2-6H3. The molecule has 1 aliphatic heterocycles. The molecular weight excluding hydrogens is 346 g/mol. The lowest BCUT2D eigenvalue weighted by Crippen LogP contribution is -2.40. The number of ether oxygens (including phenoxy) is 2. The Hall–Kier alpha value is -0.380. The van der Waals surface area contributed by atoms with Crippen LogP contribution < -0.4 is 0 Å². The summed E-state index contributed by atoms with van der Waals surface area (Å²) in [5, 5.41) is 0. The predicted octanol–water partition coefficient (Wildman–Crippen LogP) is 6.04. The van der Waals surface area contributed by atoms with Crippen LogP contribution in [0.15, 0.2) is 12.7 Å². The van der Waals surface area contributed by atoms with Crippen molar-refractivity contribution in [3.63, 3.8) is 0 Å². The highest BCUT2D eigenvalue weighted by Crippen LogP contribution is 2.49. The van der Waals surface area contributed by atoms with Crippen LogP contribution in [-0.4, -0.2) is 43.0 Å². The maximum absolute atomic E-state index is 6.53. The van der Waals surface area contributed by atoms with Gasteiger partial charge in [0.15, 0.2) is 5.79 Å². The van der Waals surface area contributed by atoms with Crippen LogP contribution in [0, 0.1) is 22.7 Å². The Morgan fingerprint density at radius 3 is 2.32 bits per heavy atom. The largest absolute Gasteiger partial charge is 0.347 e. The average Bonchev–Trinajstić information content (AvgIpc) is 3.32. The lowest BCUT2D eigenvalue weighted by molar-refractivity contribution is -0.198. The van der Waals surface area contributed by atoms with Crippen LogP contribution in [0.4, 0.5) is 0 Å². The second kappa shape index (κ2) is 8.78. The first kappa shape index (κ1) is 22.3. The van der Waals surface area contributed by atoms with Gasteiger partial charge in [-0.05, 0) is 61.2 Å². The second-order valence-corrected chi connectivity index (χ2v) is 11.7. The van der Waals surface area contributed by atoms with Crippen LogP contribution >= 0.6 is 0 Å². The number of rotatable bonds is 9. The molecule has 3 fully saturated rings. The first-order valence-electron chi connectivity index (χ1n) is 11.8. The van der Waals surface area contributed by atoms with Crippen molar-refractivity contribution in [2.75, 3.05) is 26.2 Å². The average molecular weight is 392 g/mol. The molecule has 1 saturated heterocycles.